The third-order valence-electron chi connectivity index (χ3n) is 8.29. The van der Waals surface area contributed by atoms with E-state index in [1.165, 1.54) is 25.3 Å². The predicted molar refractivity (Wildman–Crippen MR) is 135 cm³/mol. The van der Waals surface area contributed by atoms with E-state index in [0.29, 0.717) is 6.42 Å². The predicted octanol–water partition coefficient (Wildman–Crippen LogP) is 0.665. The number of ketones is 3. The van der Waals surface area contributed by atoms with Crippen molar-refractivity contribution >= 4 is 17.3 Å². The van der Waals surface area contributed by atoms with E-state index in [1.807, 2.05) is 0 Å². The van der Waals surface area contributed by atoms with E-state index in [1.54, 1.807) is 6.92 Å². The van der Waals surface area contributed by atoms with Crippen LogP contribution in [-0.4, -0.2) is 80.4 Å². The first-order valence-electron chi connectivity index (χ1n) is 12.8. The number of aliphatic hydroxyl groups excluding tert-OH is 2. The van der Waals surface area contributed by atoms with E-state index < -0.39 is 89.4 Å². The molecule has 0 spiro atoms. The number of hydrogen-bond donors (Lipinski definition) is 6. The highest BCUT2D eigenvalue weighted by Gasteiger charge is 2.50. The summed E-state index contributed by atoms with van der Waals surface area (Å²) in [6, 6.07) is 3.81. The van der Waals surface area contributed by atoms with Crippen LogP contribution in [0.15, 0.2) is 18.2 Å². The van der Waals surface area contributed by atoms with Crippen molar-refractivity contribution in [2.45, 2.75) is 62.6 Å². The van der Waals surface area contributed by atoms with E-state index in [2.05, 4.69) is 0 Å². The monoisotopic (exact) mass is 541 g/mol. The minimum absolute atomic E-state index is 0.0319. The summed E-state index contributed by atoms with van der Waals surface area (Å²) in [6.07, 6.45) is -2.82. The summed E-state index contributed by atoms with van der Waals surface area (Å²) in [7, 11) is 1.34. The Morgan fingerprint density at radius 2 is 1.79 bits per heavy atom. The van der Waals surface area contributed by atoms with Gasteiger partial charge in [0, 0.05) is 35.6 Å². The van der Waals surface area contributed by atoms with Crippen molar-refractivity contribution in [3.63, 3.8) is 0 Å². The van der Waals surface area contributed by atoms with Gasteiger partial charge in [0.25, 0.3) is 0 Å². The first kappa shape index (κ1) is 27.2. The van der Waals surface area contributed by atoms with Gasteiger partial charge < -0.3 is 40.7 Å². The van der Waals surface area contributed by atoms with Gasteiger partial charge in [-0.1, -0.05) is 19.1 Å². The molecule has 6 atom stereocenters. The molecular formula is C28H31NO10. The van der Waals surface area contributed by atoms with Gasteiger partial charge in [0.1, 0.15) is 29.5 Å². The number of Topliss-reactive ketones (excluding diaryl/α,β-unsaturated/α-hetero) is 1. The zero-order chi connectivity index (χ0) is 28.4. The standard InChI is InChI=1S/C28H31NO10/c1-11-6-12(7-15(29)23(11)32)39-17-9-28(37,18(31)10-30)8-14-20(17)27(36)22-21(25(14)34)24(33)13-4-3-5-16(38-2)19(13)26(22)35/h3-5,11-12,15,17,23,30,32,34,36-37H,6-10,29H2,1-2H3/t11?,12?,15?,17?,23?,28-/m0/s1. The van der Waals surface area contributed by atoms with E-state index in [-0.39, 0.29) is 40.3 Å². The summed E-state index contributed by atoms with van der Waals surface area (Å²) < 4.78 is 11.5. The summed E-state index contributed by atoms with van der Waals surface area (Å²) in [5, 5.41) is 54.0. The van der Waals surface area contributed by atoms with Crippen molar-refractivity contribution in [2.75, 3.05) is 13.7 Å². The smallest absolute Gasteiger partial charge is 0.202 e. The highest BCUT2D eigenvalue weighted by atomic mass is 16.5. The van der Waals surface area contributed by atoms with E-state index >= 15 is 0 Å². The van der Waals surface area contributed by atoms with Crippen LogP contribution in [0.1, 0.15) is 75.3 Å². The topological polar surface area (TPSA) is 197 Å². The minimum atomic E-state index is -2.19. The molecule has 0 saturated heterocycles. The number of benzene rings is 2. The number of hydrogen-bond acceptors (Lipinski definition) is 11. The van der Waals surface area contributed by atoms with Crippen molar-refractivity contribution in [3.05, 3.63) is 51.6 Å². The molecule has 0 heterocycles. The number of aliphatic hydroxyl groups is 3. The Labute approximate surface area is 223 Å². The molecule has 1 fully saturated rings. The molecule has 11 heteroatoms. The average molecular weight is 542 g/mol. The summed E-state index contributed by atoms with van der Waals surface area (Å²) in [5.41, 5.74) is 2.76. The normalized spacial score (nSPS) is 29.8. The van der Waals surface area contributed by atoms with Gasteiger partial charge >= 0.3 is 0 Å². The van der Waals surface area contributed by atoms with Gasteiger partial charge in [0.15, 0.2) is 11.6 Å². The molecule has 0 radical (unpaired) electrons. The molecule has 5 rings (SSSR count). The van der Waals surface area contributed by atoms with Crippen LogP contribution >= 0.6 is 0 Å². The number of carbonyl (C=O) groups excluding carboxylic acids is 3. The molecular weight excluding hydrogens is 510 g/mol. The molecule has 7 N–H and O–H groups in total. The maximum atomic E-state index is 13.7. The number of fused-ring (bicyclic) bond motifs is 3. The number of ether oxygens (including phenoxy) is 2. The Morgan fingerprint density at radius 3 is 2.44 bits per heavy atom. The van der Waals surface area contributed by atoms with Crippen LogP contribution in [0.3, 0.4) is 0 Å². The van der Waals surface area contributed by atoms with Crippen molar-refractivity contribution in [1.82, 2.24) is 0 Å². The number of aromatic hydroxyl groups is 2. The van der Waals surface area contributed by atoms with Gasteiger partial charge in [0.05, 0.1) is 42.1 Å². The van der Waals surface area contributed by atoms with Crippen LogP contribution in [0.5, 0.6) is 17.2 Å². The van der Waals surface area contributed by atoms with Crippen LogP contribution < -0.4 is 10.5 Å². The number of rotatable bonds is 5. The fraction of sp³-hybridized carbons (Fsp3) is 0.464. The first-order valence-corrected chi connectivity index (χ1v) is 12.8. The first-order chi connectivity index (χ1) is 18.4. The average Bonchev–Trinajstić information content (AvgIpc) is 2.90. The quantitative estimate of drug-likeness (QED) is 0.248. The molecule has 0 amide bonds. The second-order valence-corrected chi connectivity index (χ2v) is 10.7. The molecule has 5 unspecified atom stereocenters. The lowest BCUT2D eigenvalue weighted by Crippen LogP contribution is -2.50. The van der Waals surface area contributed by atoms with Gasteiger partial charge in [0.2, 0.25) is 5.78 Å². The second-order valence-electron chi connectivity index (χ2n) is 10.7. The van der Waals surface area contributed by atoms with Crippen LogP contribution in [0.4, 0.5) is 0 Å². The minimum Gasteiger partial charge on any atom is -0.507 e. The van der Waals surface area contributed by atoms with Crippen molar-refractivity contribution in [1.29, 1.82) is 0 Å². The Bertz CT molecular complexity index is 1380. The van der Waals surface area contributed by atoms with Gasteiger partial charge in [-0.15, -0.1) is 0 Å². The molecule has 1 saturated carbocycles. The SMILES string of the molecule is COc1cccc2c1C(=O)c1c(O)c3c(c(O)c1C2=O)C[C@@](O)(C(=O)CO)CC3OC1CC(C)C(O)C(N)C1. The number of methoxy groups -OCH3 is 1. The Hall–Kier alpha value is -3.35. The number of phenols is 2. The third kappa shape index (κ3) is 4.12. The molecule has 11 nitrogen and oxygen atoms in total. The molecule has 208 valence electrons. The molecule has 2 aromatic rings. The fourth-order valence-electron chi connectivity index (χ4n) is 6.25. The lowest BCUT2D eigenvalue weighted by atomic mass is 9.71. The summed E-state index contributed by atoms with van der Waals surface area (Å²) in [5.74, 6) is -3.79. The van der Waals surface area contributed by atoms with Crippen LogP contribution in [0, 0.1) is 5.92 Å². The Morgan fingerprint density at radius 1 is 1.10 bits per heavy atom. The van der Waals surface area contributed by atoms with E-state index in [4.69, 9.17) is 15.2 Å². The zero-order valence-corrected chi connectivity index (χ0v) is 21.5. The molecule has 3 aliphatic rings. The lowest BCUT2D eigenvalue weighted by Gasteiger charge is -2.42. The molecule has 0 aliphatic heterocycles. The molecule has 3 aliphatic carbocycles. The second kappa shape index (κ2) is 9.68. The summed E-state index contributed by atoms with van der Waals surface area (Å²) in [4.78, 5) is 39.8. The zero-order valence-electron chi connectivity index (χ0n) is 21.5. The molecule has 0 bridgehead atoms. The maximum Gasteiger partial charge on any atom is 0.202 e. The van der Waals surface area contributed by atoms with Crippen molar-refractivity contribution in [2.24, 2.45) is 11.7 Å². The van der Waals surface area contributed by atoms with Crippen LogP contribution in [-0.2, 0) is 16.0 Å². The largest absolute Gasteiger partial charge is 0.507 e. The summed E-state index contributed by atoms with van der Waals surface area (Å²) in [6.45, 7) is 0.813. The third-order valence-corrected chi connectivity index (χ3v) is 8.29. The molecule has 2 aromatic carbocycles. The van der Waals surface area contributed by atoms with Crippen molar-refractivity contribution < 1.29 is 49.4 Å². The van der Waals surface area contributed by atoms with Gasteiger partial charge in [-0.3, -0.25) is 14.4 Å². The van der Waals surface area contributed by atoms with Crippen LogP contribution in [0.25, 0.3) is 0 Å². The molecule has 0 aromatic heterocycles. The Balaban J connectivity index is 1.69. The fourth-order valence-corrected chi connectivity index (χ4v) is 6.25. The van der Waals surface area contributed by atoms with Gasteiger partial charge in [-0.25, -0.2) is 0 Å². The van der Waals surface area contributed by atoms with E-state index in [9.17, 15) is 39.9 Å². The van der Waals surface area contributed by atoms with Crippen molar-refractivity contribution in [3.8, 4) is 17.2 Å². The number of nitrogens with two attached hydrogens (primary N) is 1. The van der Waals surface area contributed by atoms with Crippen LogP contribution in [0.2, 0.25) is 0 Å². The number of carbonyl (C=O) groups is 3. The highest BCUT2D eigenvalue weighted by molar-refractivity contribution is 6.31. The highest BCUT2D eigenvalue weighted by Crippen LogP contribution is 2.52. The molecule has 39 heavy (non-hydrogen) atoms. The lowest BCUT2D eigenvalue weighted by molar-refractivity contribution is -0.151. The summed E-state index contributed by atoms with van der Waals surface area (Å²) >= 11 is 0. The maximum absolute atomic E-state index is 13.7. The van der Waals surface area contributed by atoms with E-state index in [0.717, 1.165) is 0 Å². The van der Waals surface area contributed by atoms with Gasteiger partial charge in [-0.2, -0.15) is 0 Å². The Kier molecular flexibility index (Phi) is 6.76. The number of phenolic OH excluding ortho intramolecular Hbond substituents is 2. The van der Waals surface area contributed by atoms with Gasteiger partial charge in [-0.05, 0) is 24.8 Å².